The van der Waals surface area contributed by atoms with E-state index >= 15 is 0 Å². The fourth-order valence-electron chi connectivity index (χ4n) is 1.42. The summed E-state index contributed by atoms with van der Waals surface area (Å²) >= 11 is 0. The summed E-state index contributed by atoms with van der Waals surface area (Å²) in [6, 6.07) is 0. The van der Waals surface area contributed by atoms with Gasteiger partial charge in [0.1, 0.15) is 18.6 Å². The fraction of sp³-hybridized carbons (Fsp3) is 0.846. The van der Waals surface area contributed by atoms with Crippen molar-refractivity contribution in [3.63, 3.8) is 0 Å². The van der Waals surface area contributed by atoms with Crippen LogP contribution in [0.25, 0.3) is 0 Å². The van der Waals surface area contributed by atoms with Crippen LogP contribution >= 0.6 is 0 Å². The van der Waals surface area contributed by atoms with E-state index in [1.165, 1.54) is 4.90 Å². The molecule has 0 aliphatic carbocycles. The highest BCUT2D eigenvalue weighted by Crippen LogP contribution is 2.16. The van der Waals surface area contributed by atoms with Gasteiger partial charge in [-0.2, -0.15) is 0 Å². The van der Waals surface area contributed by atoms with E-state index in [9.17, 15) is 9.18 Å². The van der Waals surface area contributed by atoms with Crippen LogP contribution in [0, 0.1) is 0 Å². The predicted octanol–water partition coefficient (Wildman–Crippen LogP) is 3.20. The summed E-state index contributed by atoms with van der Waals surface area (Å²) in [5.74, 6) is 0. The Balaban J connectivity index is 0. The van der Waals surface area contributed by atoms with Crippen molar-refractivity contribution in [2.45, 2.75) is 59.2 Å². The van der Waals surface area contributed by atoms with E-state index in [2.05, 4.69) is 0 Å². The summed E-state index contributed by atoms with van der Waals surface area (Å²) in [6.45, 7) is 12.2. The maximum Gasteiger partial charge on any atom is 0.410 e. The molecule has 0 bridgehead atoms. The Labute approximate surface area is 109 Å². The molecular weight excluding hydrogens is 237 g/mol. The van der Waals surface area contributed by atoms with Crippen molar-refractivity contribution in [3.8, 4) is 0 Å². The van der Waals surface area contributed by atoms with Crippen LogP contribution in [-0.2, 0) is 9.53 Å². The van der Waals surface area contributed by atoms with Gasteiger partial charge in [-0.25, -0.2) is 9.18 Å². The van der Waals surface area contributed by atoms with Crippen molar-refractivity contribution >= 4 is 12.9 Å². The van der Waals surface area contributed by atoms with Crippen molar-refractivity contribution in [2.75, 3.05) is 13.1 Å². The van der Waals surface area contributed by atoms with Crippen LogP contribution in [0.3, 0.4) is 0 Å². The van der Waals surface area contributed by atoms with Gasteiger partial charge in [0.25, 0.3) is 0 Å². The quantitative estimate of drug-likeness (QED) is 0.674. The smallest absolute Gasteiger partial charge is 0.410 e. The minimum absolute atomic E-state index is 0.176. The van der Waals surface area contributed by atoms with Crippen LogP contribution in [0.2, 0.25) is 0 Å². The minimum Gasteiger partial charge on any atom is -0.444 e. The first-order valence-corrected chi connectivity index (χ1v) is 6.29. The van der Waals surface area contributed by atoms with Crippen molar-refractivity contribution in [2.24, 2.45) is 0 Å². The molecule has 0 spiro atoms. The second-order valence-electron chi connectivity index (χ2n) is 4.67. The number of rotatable bonds is 0. The van der Waals surface area contributed by atoms with E-state index in [-0.39, 0.29) is 6.54 Å². The molecule has 5 heteroatoms. The summed E-state index contributed by atoms with van der Waals surface area (Å²) in [7, 11) is 0. The number of likely N-dealkylation sites (tertiary alicyclic amines) is 1. The molecule has 1 saturated heterocycles. The number of hydrogen-bond donors (Lipinski definition) is 0. The third kappa shape index (κ3) is 8.96. The molecule has 0 unspecified atom stereocenters. The first-order valence-electron chi connectivity index (χ1n) is 6.29. The molecule has 18 heavy (non-hydrogen) atoms. The largest absolute Gasteiger partial charge is 0.444 e. The number of halogens is 1. The highest BCUT2D eigenvalue weighted by Gasteiger charge is 2.27. The molecule has 0 aromatic rings. The van der Waals surface area contributed by atoms with Crippen molar-refractivity contribution < 1.29 is 18.7 Å². The summed E-state index contributed by atoms with van der Waals surface area (Å²) in [5, 5.41) is 0. The van der Waals surface area contributed by atoms with Gasteiger partial charge < -0.3 is 14.4 Å². The lowest BCUT2D eigenvalue weighted by Gasteiger charge is -2.31. The molecule has 0 N–H and O–H groups in total. The molecule has 1 amide bonds. The highest BCUT2D eigenvalue weighted by atomic mass is 19.1. The minimum atomic E-state index is -0.892. The lowest BCUT2D eigenvalue weighted by molar-refractivity contribution is -0.0980. The Morgan fingerprint density at radius 1 is 1.33 bits per heavy atom. The number of carbonyl (C=O) groups excluding carboxylic acids is 2. The molecule has 1 fully saturated rings. The molecule has 4 nitrogen and oxygen atoms in total. The molecule has 0 saturated carbocycles. The van der Waals surface area contributed by atoms with Crippen LogP contribution in [0.1, 0.15) is 47.5 Å². The van der Waals surface area contributed by atoms with Crippen LogP contribution in [0.4, 0.5) is 9.18 Å². The Hall–Kier alpha value is -1.13. The van der Waals surface area contributed by atoms with Crippen molar-refractivity contribution in [1.82, 2.24) is 4.90 Å². The third-order valence-electron chi connectivity index (χ3n) is 2.02. The zero-order valence-corrected chi connectivity index (χ0v) is 12.2. The van der Waals surface area contributed by atoms with E-state index in [0.717, 1.165) is 6.42 Å². The van der Waals surface area contributed by atoms with Gasteiger partial charge in [0.05, 0.1) is 6.54 Å². The van der Waals surface area contributed by atoms with E-state index in [4.69, 9.17) is 9.53 Å². The van der Waals surface area contributed by atoms with E-state index < -0.39 is 17.9 Å². The van der Waals surface area contributed by atoms with Gasteiger partial charge >= 0.3 is 6.09 Å². The molecule has 108 valence electrons. The summed E-state index contributed by atoms with van der Waals surface area (Å²) in [5.41, 5.74) is -0.500. The van der Waals surface area contributed by atoms with Gasteiger partial charge in [-0.3, -0.25) is 0 Å². The van der Waals surface area contributed by atoms with Gasteiger partial charge in [-0.15, -0.1) is 0 Å². The first kappa shape index (κ1) is 19.2. The molecule has 0 radical (unpaired) electrons. The number of ether oxygens (including phenoxy) is 1. The van der Waals surface area contributed by atoms with E-state index in [1.807, 2.05) is 41.4 Å². The number of amides is 1. The maximum absolute atomic E-state index is 13.0. The molecular formula is C13H26FNO3. The fourth-order valence-corrected chi connectivity index (χ4v) is 1.42. The van der Waals surface area contributed by atoms with Crippen LogP contribution in [0.15, 0.2) is 0 Å². The lowest BCUT2D eigenvalue weighted by atomic mass is 10.1. The van der Waals surface area contributed by atoms with Gasteiger partial charge in [0.15, 0.2) is 0 Å². The molecule has 1 heterocycles. The maximum atomic E-state index is 13.0. The third-order valence-corrected chi connectivity index (χ3v) is 2.02. The second kappa shape index (κ2) is 9.85. The van der Waals surface area contributed by atoms with E-state index in [0.29, 0.717) is 13.0 Å². The normalized spacial score (nSPS) is 18.8. The van der Waals surface area contributed by atoms with Crippen molar-refractivity contribution in [1.29, 1.82) is 0 Å². The van der Waals surface area contributed by atoms with E-state index in [1.54, 1.807) is 0 Å². The van der Waals surface area contributed by atoms with Gasteiger partial charge in [0, 0.05) is 6.54 Å². The second-order valence-corrected chi connectivity index (χ2v) is 4.67. The molecule has 1 aliphatic rings. The Kier molecular flexibility index (Phi) is 10.5. The SMILES string of the molecule is C=O.CC.CC(C)(C)OC(=O)N1CCC[C@H](F)C1. The van der Waals surface area contributed by atoms with Gasteiger partial charge in [-0.1, -0.05) is 13.8 Å². The average Bonchev–Trinajstić information content (AvgIpc) is 2.32. The summed E-state index contributed by atoms with van der Waals surface area (Å²) < 4.78 is 18.1. The first-order chi connectivity index (χ1) is 8.38. The van der Waals surface area contributed by atoms with Gasteiger partial charge in [-0.05, 0) is 33.6 Å². The Morgan fingerprint density at radius 2 is 1.83 bits per heavy atom. The number of hydrogen-bond acceptors (Lipinski definition) is 3. The monoisotopic (exact) mass is 263 g/mol. The summed E-state index contributed by atoms with van der Waals surface area (Å²) in [4.78, 5) is 20.9. The molecule has 0 aromatic carbocycles. The van der Waals surface area contributed by atoms with Crippen LogP contribution in [0.5, 0.6) is 0 Å². The zero-order valence-electron chi connectivity index (χ0n) is 12.2. The average molecular weight is 263 g/mol. The standard InChI is InChI=1S/C10H18FNO2.C2H6.CH2O/c1-10(2,3)14-9(13)12-6-4-5-8(11)7-12;2*1-2/h8H,4-7H2,1-3H3;1-2H3;1H2/t8-;;/m0../s1. The highest BCUT2D eigenvalue weighted by molar-refractivity contribution is 5.68. The van der Waals surface area contributed by atoms with Crippen LogP contribution in [-0.4, -0.2) is 42.6 Å². The number of alkyl halides is 1. The topological polar surface area (TPSA) is 46.6 Å². The predicted molar refractivity (Wildman–Crippen MR) is 70.4 cm³/mol. The molecule has 1 rings (SSSR count). The van der Waals surface area contributed by atoms with Gasteiger partial charge in [0.2, 0.25) is 0 Å². The summed E-state index contributed by atoms with van der Waals surface area (Å²) in [6.07, 6.45) is -0.0178. The van der Waals surface area contributed by atoms with Crippen molar-refractivity contribution in [3.05, 3.63) is 0 Å². The molecule has 1 aliphatic heterocycles. The molecule has 0 aromatic heterocycles. The number of nitrogens with zero attached hydrogens (tertiary/aromatic N) is 1. The van der Waals surface area contributed by atoms with Crippen LogP contribution < -0.4 is 0 Å². The Bertz CT molecular complexity index is 229. The zero-order chi connectivity index (χ0) is 14.8. The molecule has 1 atom stereocenters. The lowest BCUT2D eigenvalue weighted by Crippen LogP contribution is -2.43. The number of carbonyl (C=O) groups is 2. The number of piperidine rings is 1. The Morgan fingerprint density at radius 3 is 2.22 bits per heavy atom.